The van der Waals surface area contributed by atoms with Gasteiger partial charge in [0.1, 0.15) is 5.75 Å². The van der Waals surface area contributed by atoms with E-state index < -0.39 is 10.1 Å². The maximum atomic E-state index is 12.8. The molecule has 0 heterocycles. The normalized spacial score (nSPS) is 12.4. The summed E-state index contributed by atoms with van der Waals surface area (Å²) < 4.78 is 28.1. The zero-order valence-corrected chi connectivity index (χ0v) is 16.9. The Kier molecular flexibility index (Phi) is 7.42. The third-order valence-corrected chi connectivity index (χ3v) is 5.65. The summed E-state index contributed by atoms with van der Waals surface area (Å²) in [6.45, 7) is 6.10. The first kappa shape index (κ1) is 21.0. The molecule has 27 heavy (non-hydrogen) atoms. The molecule has 1 atom stereocenters. The average Bonchev–Trinajstić information content (AvgIpc) is 2.67. The van der Waals surface area contributed by atoms with Crippen LogP contribution >= 0.6 is 0 Å². The first-order valence-electron chi connectivity index (χ1n) is 9.19. The molecule has 0 spiro atoms. The molecule has 0 aliphatic carbocycles. The molecule has 5 nitrogen and oxygen atoms in total. The number of hydrogen-bond donors (Lipinski definition) is 0. The van der Waals surface area contributed by atoms with E-state index in [-0.39, 0.29) is 23.5 Å². The van der Waals surface area contributed by atoms with Gasteiger partial charge in [-0.25, -0.2) is 0 Å². The lowest BCUT2D eigenvalue weighted by Gasteiger charge is -2.29. The standard InChI is InChI=1S/C21H27NO4S/c1-4-17(3)22(21(23)15-18-9-7-6-8-10-18)16-19-11-13-20(14-12-19)26-27(24,25)5-2/h6-14,17H,4-5,15-16H2,1-3H3/t17-/m0/s1. The number of rotatable bonds is 9. The van der Waals surface area contributed by atoms with Gasteiger partial charge < -0.3 is 9.08 Å². The van der Waals surface area contributed by atoms with E-state index in [9.17, 15) is 13.2 Å². The van der Waals surface area contributed by atoms with Crippen molar-refractivity contribution in [3.8, 4) is 5.75 Å². The fourth-order valence-corrected chi connectivity index (χ4v) is 3.16. The van der Waals surface area contributed by atoms with Crippen molar-refractivity contribution in [2.75, 3.05) is 5.75 Å². The Balaban J connectivity index is 2.10. The summed E-state index contributed by atoms with van der Waals surface area (Å²) in [5.74, 6) is 0.278. The van der Waals surface area contributed by atoms with Crippen molar-refractivity contribution in [1.29, 1.82) is 0 Å². The first-order chi connectivity index (χ1) is 12.8. The van der Waals surface area contributed by atoms with Gasteiger partial charge in [0, 0.05) is 12.6 Å². The molecule has 2 aromatic carbocycles. The average molecular weight is 390 g/mol. The predicted molar refractivity (Wildman–Crippen MR) is 107 cm³/mol. The second-order valence-corrected chi connectivity index (χ2v) is 8.37. The van der Waals surface area contributed by atoms with Crippen LogP contribution in [0.25, 0.3) is 0 Å². The van der Waals surface area contributed by atoms with Crippen LogP contribution in [0.4, 0.5) is 0 Å². The molecule has 0 aliphatic heterocycles. The Morgan fingerprint density at radius 2 is 1.63 bits per heavy atom. The zero-order valence-electron chi connectivity index (χ0n) is 16.1. The Bertz CT molecular complexity index is 832. The highest BCUT2D eigenvalue weighted by atomic mass is 32.2. The van der Waals surface area contributed by atoms with Crippen molar-refractivity contribution in [2.24, 2.45) is 0 Å². The van der Waals surface area contributed by atoms with Gasteiger partial charge in [0.05, 0.1) is 12.2 Å². The van der Waals surface area contributed by atoms with Crippen LogP contribution in [-0.2, 0) is 27.9 Å². The second kappa shape index (κ2) is 9.55. The highest BCUT2D eigenvalue weighted by molar-refractivity contribution is 7.87. The quantitative estimate of drug-likeness (QED) is 0.612. The van der Waals surface area contributed by atoms with Crippen LogP contribution in [0, 0.1) is 0 Å². The number of hydrogen-bond acceptors (Lipinski definition) is 4. The van der Waals surface area contributed by atoms with Gasteiger partial charge in [0.25, 0.3) is 0 Å². The third kappa shape index (κ3) is 6.40. The van der Waals surface area contributed by atoms with Crippen LogP contribution in [0.15, 0.2) is 54.6 Å². The lowest BCUT2D eigenvalue weighted by atomic mass is 10.1. The maximum absolute atomic E-state index is 12.8. The molecule has 0 aliphatic rings. The summed E-state index contributed by atoms with van der Waals surface area (Å²) in [6, 6.07) is 16.6. The van der Waals surface area contributed by atoms with Crippen LogP contribution in [0.3, 0.4) is 0 Å². The zero-order chi connectivity index (χ0) is 19.9. The molecule has 0 fully saturated rings. The highest BCUT2D eigenvalue weighted by Gasteiger charge is 2.19. The molecule has 0 bridgehead atoms. The van der Waals surface area contributed by atoms with Crippen LogP contribution < -0.4 is 4.18 Å². The van der Waals surface area contributed by atoms with Gasteiger partial charge in [-0.1, -0.05) is 49.4 Å². The van der Waals surface area contributed by atoms with Crippen LogP contribution in [0.1, 0.15) is 38.3 Å². The number of amides is 1. The van der Waals surface area contributed by atoms with E-state index in [0.717, 1.165) is 17.5 Å². The van der Waals surface area contributed by atoms with Gasteiger partial charge in [0.15, 0.2) is 0 Å². The number of carbonyl (C=O) groups is 1. The smallest absolute Gasteiger partial charge is 0.308 e. The van der Waals surface area contributed by atoms with Crippen LogP contribution in [0.2, 0.25) is 0 Å². The highest BCUT2D eigenvalue weighted by Crippen LogP contribution is 2.18. The molecule has 0 unspecified atom stereocenters. The largest absolute Gasteiger partial charge is 0.382 e. The van der Waals surface area contributed by atoms with E-state index in [1.165, 1.54) is 6.92 Å². The van der Waals surface area contributed by atoms with Gasteiger partial charge in [-0.3, -0.25) is 4.79 Å². The monoisotopic (exact) mass is 389 g/mol. The van der Waals surface area contributed by atoms with Crippen LogP contribution in [0.5, 0.6) is 5.75 Å². The second-order valence-electron chi connectivity index (χ2n) is 6.51. The molecule has 1 amide bonds. The summed E-state index contributed by atoms with van der Waals surface area (Å²) in [6.07, 6.45) is 1.22. The summed E-state index contributed by atoms with van der Waals surface area (Å²) >= 11 is 0. The van der Waals surface area contributed by atoms with E-state index in [0.29, 0.717) is 13.0 Å². The van der Waals surface area contributed by atoms with E-state index >= 15 is 0 Å². The van der Waals surface area contributed by atoms with Gasteiger partial charge in [-0.05, 0) is 43.5 Å². The fourth-order valence-electron chi connectivity index (χ4n) is 2.63. The van der Waals surface area contributed by atoms with Crippen LogP contribution in [-0.4, -0.2) is 31.0 Å². The molecule has 0 radical (unpaired) electrons. The molecule has 0 aromatic heterocycles. The van der Waals surface area contributed by atoms with Gasteiger partial charge in [0.2, 0.25) is 5.91 Å². The minimum atomic E-state index is -3.54. The fraction of sp³-hybridized carbons (Fsp3) is 0.381. The molecule has 0 N–H and O–H groups in total. The van der Waals surface area contributed by atoms with Crippen molar-refractivity contribution in [3.63, 3.8) is 0 Å². The Labute approximate surface area is 162 Å². The summed E-state index contributed by atoms with van der Waals surface area (Å²) in [5, 5.41) is 0. The SMILES string of the molecule is CC[C@H](C)N(Cc1ccc(OS(=O)(=O)CC)cc1)C(=O)Cc1ccccc1. The summed E-state index contributed by atoms with van der Waals surface area (Å²) in [7, 11) is -3.54. The van der Waals surface area contributed by atoms with Gasteiger partial charge in [-0.2, -0.15) is 8.42 Å². The molecule has 2 aromatic rings. The van der Waals surface area contributed by atoms with E-state index in [1.807, 2.05) is 42.2 Å². The molecular weight excluding hydrogens is 362 g/mol. The van der Waals surface area contributed by atoms with Crippen molar-refractivity contribution in [2.45, 2.75) is 46.2 Å². The summed E-state index contributed by atoms with van der Waals surface area (Å²) in [4.78, 5) is 14.7. The van der Waals surface area contributed by atoms with Crippen molar-refractivity contribution in [3.05, 3.63) is 65.7 Å². The molecule has 0 saturated carbocycles. The Hall–Kier alpha value is -2.34. The first-order valence-corrected chi connectivity index (χ1v) is 10.8. The van der Waals surface area contributed by atoms with E-state index in [4.69, 9.17) is 4.18 Å². The van der Waals surface area contributed by atoms with E-state index in [2.05, 4.69) is 6.92 Å². The lowest BCUT2D eigenvalue weighted by molar-refractivity contribution is -0.133. The molecule has 2 rings (SSSR count). The minimum absolute atomic E-state index is 0.0736. The molecule has 0 saturated heterocycles. The van der Waals surface area contributed by atoms with Gasteiger partial charge >= 0.3 is 10.1 Å². The van der Waals surface area contributed by atoms with Gasteiger partial charge in [-0.15, -0.1) is 0 Å². The number of nitrogens with zero attached hydrogens (tertiary/aromatic N) is 1. The number of carbonyl (C=O) groups excluding carboxylic acids is 1. The van der Waals surface area contributed by atoms with Crippen molar-refractivity contribution < 1.29 is 17.4 Å². The third-order valence-electron chi connectivity index (χ3n) is 4.49. The van der Waals surface area contributed by atoms with Crippen molar-refractivity contribution >= 4 is 16.0 Å². The minimum Gasteiger partial charge on any atom is -0.382 e. The Morgan fingerprint density at radius 3 is 2.19 bits per heavy atom. The lowest BCUT2D eigenvalue weighted by Crippen LogP contribution is -2.38. The van der Waals surface area contributed by atoms with E-state index in [1.54, 1.807) is 24.3 Å². The molecule has 146 valence electrons. The molecule has 6 heteroatoms. The Morgan fingerprint density at radius 1 is 1.00 bits per heavy atom. The number of benzene rings is 2. The topological polar surface area (TPSA) is 63.7 Å². The predicted octanol–water partition coefficient (Wildman–Crippen LogP) is 3.78. The molecular formula is C21H27NO4S. The summed E-state index contributed by atoms with van der Waals surface area (Å²) in [5.41, 5.74) is 1.92. The maximum Gasteiger partial charge on any atom is 0.308 e. The van der Waals surface area contributed by atoms with Crippen molar-refractivity contribution in [1.82, 2.24) is 4.90 Å².